The number of methoxy groups -OCH3 is 1. The average Bonchev–Trinajstić information content (AvgIpc) is 2.15. The SMILES string of the molecule is COC1(CNCCC(=O)N(C)C)CCC1. The van der Waals surface area contributed by atoms with Crippen molar-refractivity contribution in [3.05, 3.63) is 0 Å². The van der Waals surface area contributed by atoms with Crippen LogP contribution in [0.3, 0.4) is 0 Å². The molecule has 0 atom stereocenters. The van der Waals surface area contributed by atoms with E-state index < -0.39 is 0 Å². The van der Waals surface area contributed by atoms with Crippen LogP contribution in [0, 0.1) is 0 Å². The van der Waals surface area contributed by atoms with Crippen molar-refractivity contribution in [1.82, 2.24) is 10.2 Å². The Labute approximate surface area is 92.0 Å². The summed E-state index contributed by atoms with van der Waals surface area (Å²) in [5.74, 6) is 0.169. The van der Waals surface area contributed by atoms with Crippen LogP contribution in [0.5, 0.6) is 0 Å². The third kappa shape index (κ3) is 3.47. The molecule has 0 aliphatic heterocycles. The van der Waals surface area contributed by atoms with Gasteiger partial charge in [0, 0.05) is 40.7 Å². The molecule has 1 aliphatic carbocycles. The van der Waals surface area contributed by atoms with E-state index in [0.717, 1.165) is 25.9 Å². The maximum atomic E-state index is 11.3. The zero-order valence-corrected chi connectivity index (χ0v) is 10.0. The number of ether oxygens (including phenoxy) is 1. The molecule has 0 heterocycles. The molecule has 0 aromatic heterocycles. The third-order valence-electron chi connectivity index (χ3n) is 3.16. The first kappa shape index (κ1) is 12.5. The number of hydrogen-bond acceptors (Lipinski definition) is 3. The van der Waals surface area contributed by atoms with Gasteiger partial charge < -0.3 is 15.0 Å². The van der Waals surface area contributed by atoms with Crippen LogP contribution in [0.2, 0.25) is 0 Å². The van der Waals surface area contributed by atoms with Crippen molar-refractivity contribution in [1.29, 1.82) is 0 Å². The standard InChI is InChI=1S/C11H22N2O2/c1-13(2)10(14)5-8-12-9-11(15-3)6-4-7-11/h12H,4-9H2,1-3H3. The number of carbonyl (C=O) groups is 1. The highest BCUT2D eigenvalue weighted by Gasteiger charge is 2.36. The number of rotatable bonds is 6. The van der Waals surface area contributed by atoms with E-state index in [1.807, 2.05) is 0 Å². The lowest BCUT2D eigenvalue weighted by Gasteiger charge is -2.40. The van der Waals surface area contributed by atoms with Gasteiger partial charge in [0.15, 0.2) is 0 Å². The summed E-state index contributed by atoms with van der Waals surface area (Å²) in [5.41, 5.74) is 0.0567. The predicted molar refractivity (Wildman–Crippen MR) is 59.8 cm³/mol. The van der Waals surface area contributed by atoms with E-state index in [1.165, 1.54) is 6.42 Å². The van der Waals surface area contributed by atoms with Gasteiger partial charge in [-0.3, -0.25) is 4.79 Å². The van der Waals surface area contributed by atoms with E-state index in [4.69, 9.17) is 4.74 Å². The molecule has 4 nitrogen and oxygen atoms in total. The second kappa shape index (κ2) is 5.47. The second-order valence-electron chi connectivity index (χ2n) is 4.46. The van der Waals surface area contributed by atoms with Crippen LogP contribution in [-0.4, -0.2) is 50.7 Å². The highest BCUT2D eigenvalue weighted by Crippen LogP contribution is 2.34. The van der Waals surface area contributed by atoms with Gasteiger partial charge in [0.1, 0.15) is 0 Å². The Morgan fingerprint density at radius 3 is 2.53 bits per heavy atom. The molecule has 88 valence electrons. The van der Waals surface area contributed by atoms with Crippen molar-refractivity contribution in [2.24, 2.45) is 0 Å². The summed E-state index contributed by atoms with van der Waals surface area (Å²) >= 11 is 0. The molecule has 0 saturated heterocycles. The largest absolute Gasteiger partial charge is 0.377 e. The summed E-state index contributed by atoms with van der Waals surface area (Å²) in [5, 5.41) is 3.29. The Balaban J connectivity index is 2.08. The van der Waals surface area contributed by atoms with E-state index in [0.29, 0.717) is 6.42 Å². The molecule has 0 unspecified atom stereocenters. The van der Waals surface area contributed by atoms with Crippen molar-refractivity contribution < 1.29 is 9.53 Å². The molecule has 1 rings (SSSR count). The fourth-order valence-corrected chi connectivity index (χ4v) is 1.76. The van der Waals surface area contributed by atoms with Crippen LogP contribution in [-0.2, 0) is 9.53 Å². The van der Waals surface area contributed by atoms with Gasteiger partial charge in [-0.15, -0.1) is 0 Å². The van der Waals surface area contributed by atoms with Gasteiger partial charge in [0.25, 0.3) is 0 Å². The number of nitrogens with zero attached hydrogens (tertiary/aromatic N) is 1. The van der Waals surface area contributed by atoms with E-state index in [-0.39, 0.29) is 11.5 Å². The lowest BCUT2D eigenvalue weighted by Crippen LogP contribution is -2.48. The number of amides is 1. The molecule has 4 heteroatoms. The van der Waals surface area contributed by atoms with Crippen LogP contribution in [0.15, 0.2) is 0 Å². The Morgan fingerprint density at radius 2 is 2.13 bits per heavy atom. The monoisotopic (exact) mass is 214 g/mol. The molecule has 15 heavy (non-hydrogen) atoms. The first-order valence-electron chi connectivity index (χ1n) is 5.56. The van der Waals surface area contributed by atoms with Crippen LogP contribution in [0.25, 0.3) is 0 Å². The third-order valence-corrected chi connectivity index (χ3v) is 3.16. The Hall–Kier alpha value is -0.610. The topological polar surface area (TPSA) is 41.6 Å². The Bertz CT molecular complexity index is 207. The molecule has 0 spiro atoms. The van der Waals surface area contributed by atoms with Crippen molar-refractivity contribution in [2.45, 2.75) is 31.3 Å². The maximum absolute atomic E-state index is 11.3. The molecule has 0 aromatic carbocycles. The molecule has 0 aromatic rings. The molecule has 1 fully saturated rings. The molecular formula is C11H22N2O2. The van der Waals surface area contributed by atoms with Crippen LogP contribution in [0.4, 0.5) is 0 Å². The van der Waals surface area contributed by atoms with Gasteiger partial charge >= 0.3 is 0 Å². The van der Waals surface area contributed by atoms with Crippen molar-refractivity contribution in [3.8, 4) is 0 Å². The first-order valence-corrected chi connectivity index (χ1v) is 5.56. The van der Waals surface area contributed by atoms with Crippen molar-refractivity contribution in [2.75, 3.05) is 34.3 Å². The second-order valence-corrected chi connectivity index (χ2v) is 4.46. The van der Waals surface area contributed by atoms with E-state index >= 15 is 0 Å². The quantitative estimate of drug-likeness (QED) is 0.659. The van der Waals surface area contributed by atoms with Gasteiger partial charge in [-0.2, -0.15) is 0 Å². The van der Waals surface area contributed by atoms with Crippen LogP contribution in [0.1, 0.15) is 25.7 Å². The number of carbonyl (C=O) groups excluding carboxylic acids is 1. The summed E-state index contributed by atoms with van der Waals surface area (Å²) < 4.78 is 5.47. The fourth-order valence-electron chi connectivity index (χ4n) is 1.76. The molecular weight excluding hydrogens is 192 g/mol. The normalized spacial score (nSPS) is 18.3. The van der Waals surface area contributed by atoms with E-state index in [2.05, 4.69) is 5.32 Å². The van der Waals surface area contributed by atoms with Gasteiger partial charge in [-0.1, -0.05) is 0 Å². The summed E-state index contributed by atoms with van der Waals surface area (Å²) in [6.45, 7) is 1.60. The summed E-state index contributed by atoms with van der Waals surface area (Å²) in [6, 6.07) is 0. The van der Waals surface area contributed by atoms with E-state index in [9.17, 15) is 4.79 Å². The molecule has 0 bridgehead atoms. The highest BCUT2D eigenvalue weighted by atomic mass is 16.5. The van der Waals surface area contributed by atoms with E-state index in [1.54, 1.807) is 26.1 Å². The zero-order chi connectivity index (χ0) is 11.3. The first-order chi connectivity index (χ1) is 7.09. The van der Waals surface area contributed by atoms with Gasteiger partial charge in [0.2, 0.25) is 5.91 Å². The molecule has 1 N–H and O–H groups in total. The lowest BCUT2D eigenvalue weighted by molar-refractivity contribution is -0.128. The number of nitrogens with one attached hydrogen (secondary N) is 1. The minimum atomic E-state index is 0.0567. The van der Waals surface area contributed by atoms with Crippen molar-refractivity contribution in [3.63, 3.8) is 0 Å². The van der Waals surface area contributed by atoms with Gasteiger partial charge in [-0.05, 0) is 19.3 Å². The summed E-state index contributed by atoms with van der Waals surface area (Å²) in [6.07, 6.45) is 4.09. The zero-order valence-electron chi connectivity index (χ0n) is 10.0. The Morgan fingerprint density at radius 1 is 1.47 bits per heavy atom. The van der Waals surface area contributed by atoms with Gasteiger partial charge in [-0.25, -0.2) is 0 Å². The van der Waals surface area contributed by atoms with Gasteiger partial charge in [0.05, 0.1) is 5.60 Å². The minimum absolute atomic E-state index is 0.0567. The summed E-state index contributed by atoms with van der Waals surface area (Å²) in [4.78, 5) is 12.9. The minimum Gasteiger partial charge on any atom is -0.377 e. The highest BCUT2D eigenvalue weighted by molar-refractivity contribution is 5.75. The molecule has 0 radical (unpaired) electrons. The maximum Gasteiger partial charge on any atom is 0.223 e. The Kier molecular flexibility index (Phi) is 4.54. The average molecular weight is 214 g/mol. The fraction of sp³-hybridized carbons (Fsp3) is 0.909. The smallest absolute Gasteiger partial charge is 0.223 e. The van der Waals surface area contributed by atoms with Crippen molar-refractivity contribution >= 4 is 5.91 Å². The number of hydrogen-bond donors (Lipinski definition) is 1. The predicted octanol–water partition coefficient (Wildman–Crippen LogP) is 0.623. The molecule has 1 saturated carbocycles. The van der Waals surface area contributed by atoms with Crippen LogP contribution < -0.4 is 5.32 Å². The molecule has 1 aliphatic rings. The summed E-state index contributed by atoms with van der Waals surface area (Å²) in [7, 11) is 5.33. The van der Waals surface area contributed by atoms with Crippen LogP contribution >= 0.6 is 0 Å². The molecule has 1 amide bonds. The lowest BCUT2D eigenvalue weighted by atomic mass is 9.80.